The van der Waals surface area contributed by atoms with Gasteiger partial charge in [0.2, 0.25) is 11.8 Å². The van der Waals surface area contributed by atoms with Crippen molar-refractivity contribution in [1.29, 1.82) is 0 Å². The number of carbonyl (C=O) groups is 2. The lowest BCUT2D eigenvalue weighted by Gasteiger charge is -2.47. The molecule has 1 saturated carbocycles. The second-order valence-corrected chi connectivity index (χ2v) is 11.0. The summed E-state index contributed by atoms with van der Waals surface area (Å²) in [6.45, 7) is 5.92. The number of nitrogens with one attached hydrogen (secondary N) is 2. The maximum Gasteiger partial charge on any atom is 0.274 e. The third-order valence-electron chi connectivity index (χ3n) is 8.61. The first kappa shape index (κ1) is 24.7. The fourth-order valence-electron chi connectivity index (χ4n) is 5.78. The van der Waals surface area contributed by atoms with E-state index in [0.29, 0.717) is 25.1 Å². The van der Waals surface area contributed by atoms with Crippen molar-refractivity contribution in [2.75, 3.05) is 27.2 Å². The molecular formula is C26H35FN6O3. The van der Waals surface area contributed by atoms with Gasteiger partial charge in [0.15, 0.2) is 11.5 Å². The zero-order valence-electron chi connectivity index (χ0n) is 21.4. The van der Waals surface area contributed by atoms with Crippen molar-refractivity contribution in [3.05, 3.63) is 29.8 Å². The van der Waals surface area contributed by atoms with Crippen LogP contribution in [0.15, 0.2) is 18.3 Å². The molecule has 1 spiro atoms. The summed E-state index contributed by atoms with van der Waals surface area (Å²) in [6, 6.07) is 3.15. The highest BCUT2D eigenvalue weighted by atomic mass is 19.1. The van der Waals surface area contributed by atoms with Gasteiger partial charge in [-0.15, -0.1) is 0 Å². The van der Waals surface area contributed by atoms with E-state index in [2.05, 4.69) is 46.3 Å². The highest BCUT2D eigenvalue weighted by Gasteiger charge is 2.55. The molecule has 3 fully saturated rings. The number of methoxy groups -OCH3 is 1. The largest absolute Gasteiger partial charge is 0.481 e. The Morgan fingerprint density at radius 3 is 2.72 bits per heavy atom. The molecule has 1 aliphatic carbocycles. The molecule has 2 unspecified atom stereocenters. The smallest absolute Gasteiger partial charge is 0.274 e. The second-order valence-electron chi connectivity index (χ2n) is 11.0. The predicted octanol–water partition coefficient (Wildman–Crippen LogP) is 2.99. The van der Waals surface area contributed by atoms with Crippen molar-refractivity contribution < 1.29 is 18.7 Å². The number of hydrogen-bond donors (Lipinski definition) is 2. The van der Waals surface area contributed by atoms with Crippen LogP contribution in [0.3, 0.4) is 0 Å². The van der Waals surface area contributed by atoms with E-state index in [-0.39, 0.29) is 52.0 Å². The lowest BCUT2D eigenvalue weighted by Crippen LogP contribution is -2.62. The number of likely N-dealkylation sites (tertiary alicyclic amines) is 2. The molecule has 194 valence electrons. The average Bonchev–Trinajstić information content (AvgIpc) is 3.43. The van der Waals surface area contributed by atoms with Gasteiger partial charge in [0.1, 0.15) is 0 Å². The summed E-state index contributed by atoms with van der Waals surface area (Å²) in [4.78, 5) is 34.7. The van der Waals surface area contributed by atoms with Crippen LogP contribution in [0.2, 0.25) is 0 Å². The van der Waals surface area contributed by atoms with E-state index in [9.17, 15) is 14.0 Å². The van der Waals surface area contributed by atoms with E-state index in [1.807, 2.05) is 4.90 Å². The van der Waals surface area contributed by atoms with Gasteiger partial charge in [0.25, 0.3) is 5.91 Å². The first-order valence-corrected chi connectivity index (χ1v) is 12.7. The highest BCUT2D eigenvalue weighted by Crippen LogP contribution is 2.50. The van der Waals surface area contributed by atoms with Gasteiger partial charge < -0.3 is 15.0 Å². The number of pyridine rings is 1. The van der Waals surface area contributed by atoms with Gasteiger partial charge in [0.05, 0.1) is 19.0 Å². The van der Waals surface area contributed by atoms with Crippen LogP contribution in [0.1, 0.15) is 62.9 Å². The van der Waals surface area contributed by atoms with Crippen molar-refractivity contribution in [3.8, 4) is 17.1 Å². The molecule has 2 N–H and O–H groups in total. The first-order valence-electron chi connectivity index (χ1n) is 12.7. The number of rotatable bonds is 5. The molecule has 0 aromatic carbocycles. The van der Waals surface area contributed by atoms with Gasteiger partial charge >= 0.3 is 0 Å². The van der Waals surface area contributed by atoms with E-state index < -0.39 is 5.82 Å². The summed E-state index contributed by atoms with van der Waals surface area (Å²) in [5, 5.41) is 10.3. The molecule has 0 bridgehead atoms. The van der Waals surface area contributed by atoms with Crippen LogP contribution in [0.5, 0.6) is 5.88 Å². The van der Waals surface area contributed by atoms with Crippen LogP contribution < -0.4 is 10.1 Å². The van der Waals surface area contributed by atoms with Crippen LogP contribution >= 0.6 is 0 Å². The Morgan fingerprint density at radius 1 is 1.22 bits per heavy atom. The average molecular weight is 499 g/mol. The van der Waals surface area contributed by atoms with Crippen molar-refractivity contribution in [1.82, 2.24) is 30.3 Å². The molecule has 4 heterocycles. The fraction of sp³-hybridized carbons (Fsp3) is 0.615. The maximum atomic E-state index is 14.3. The molecule has 0 radical (unpaired) electrons. The molecule has 36 heavy (non-hydrogen) atoms. The normalized spacial score (nSPS) is 25.0. The Hall–Kier alpha value is -3.01. The number of likely N-dealkylation sites (N-methyl/N-ethyl adjacent to an activating group) is 1. The monoisotopic (exact) mass is 498 g/mol. The Morgan fingerprint density at radius 2 is 2.00 bits per heavy atom. The van der Waals surface area contributed by atoms with Crippen molar-refractivity contribution in [2.24, 2.45) is 5.92 Å². The molecule has 2 amide bonds. The van der Waals surface area contributed by atoms with E-state index in [0.717, 1.165) is 38.4 Å². The Kier molecular flexibility index (Phi) is 6.26. The van der Waals surface area contributed by atoms with Crippen LogP contribution in [-0.2, 0) is 4.79 Å². The van der Waals surface area contributed by atoms with E-state index in [1.165, 1.54) is 13.2 Å². The van der Waals surface area contributed by atoms with Gasteiger partial charge in [-0.05, 0) is 72.0 Å². The Labute approximate surface area is 210 Å². The predicted molar refractivity (Wildman–Crippen MR) is 132 cm³/mol. The number of ether oxygens (including phenoxy) is 1. The molecule has 3 aliphatic rings. The molecule has 9 nitrogen and oxygen atoms in total. The van der Waals surface area contributed by atoms with Crippen LogP contribution in [-0.4, -0.2) is 81.2 Å². The number of nitrogens with zero attached hydrogens (tertiary/aromatic N) is 4. The topological polar surface area (TPSA) is 103 Å². The number of piperidine rings is 2. The van der Waals surface area contributed by atoms with Crippen molar-refractivity contribution >= 4 is 11.8 Å². The maximum absolute atomic E-state index is 14.3. The molecule has 2 aromatic rings. The zero-order valence-corrected chi connectivity index (χ0v) is 21.4. The summed E-state index contributed by atoms with van der Waals surface area (Å²) in [6.07, 6.45) is 6.19. The SMILES string of the molecule is COc1cc(-c2cc(C(=O)N3CCC(C(=O)NC4CCCN(C)C4(C)C)CC34CC4)n[nH]2)c(F)cn1. The lowest BCUT2D eigenvalue weighted by molar-refractivity contribution is -0.129. The van der Waals surface area contributed by atoms with Gasteiger partial charge in [-0.2, -0.15) is 5.10 Å². The fourth-order valence-corrected chi connectivity index (χ4v) is 5.78. The highest BCUT2D eigenvalue weighted by molar-refractivity contribution is 5.94. The van der Waals surface area contributed by atoms with Gasteiger partial charge in [-0.1, -0.05) is 0 Å². The first-order chi connectivity index (χ1) is 17.1. The number of aromatic amines is 1. The quantitative estimate of drug-likeness (QED) is 0.657. The van der Waals surface area contributed by atoms with Crippen molar-refractivity contribution in [2.45, 2.75) is 69.5 Å². The number of amides is 2. The summed E-state index contributed by atoms with van der Waals surface area (Å²) >= 11 is 0. The van der Waals surface area contributed by atoms with Gasteiger partial charge in [0, 0.05) is 41.2 Å². The minimum absolute atomic E-state index is 0.0855. The molecule has 2 atom stereocenters. The van der Waals surface area contributed by atoms with E-state index in [1.54, 1.807) is 6.07 Å². The summed E-state index contributed by atoms with van der Waals surface area (Å²) in [7, 11) is 3.57. The van der Waals surface area contributed by atoms with E-state index in [4.69, 9.17) is 4.74 Å². The minimum atomic E-state index is -0.531. The molecule has 2 aliphatic heterocycles. The lowest BCUT2D eigenvalue weighted by atomic mass is 9.83. The summed E-state index contributed by atoms with van der Waals surface area (Å²) in [5.41, 5.74) is 0.483. The number of carbonyl (C=O) groups excluding carboxylic acids is 2. The van der Waals surface area contributed by atoms with E-state index >= 15 is 0 Å². The molecule has 5 rings (SSSR count). The third kappa shape index (κ3) is 4.36. The molecule has 2 saturated heterocycles. The number of H-pyrrole nitrogens is 1. The third-order valence-corrected chi connectivity index (χ3v) is 8.61. The van der Waals surface area contributed by atoms with Crippen LogP contribution in [0, 0.1) is 11.7 Å². The second kappa shape index (κ2) is 9.14. The number of hydrogen-bond acceptors (Lipinski definition) is 6. The van der Waals surface area contributed by atoms with Crippen LogP contribution in [0.4, 0.5) is 4.39 Å². The zero-order chi connectivity index (χ0) is 25.7. The summed E-state index contributed by atoms with van der Waals surface area (Å²) in [5.74, 6) is -0.449. The molecular weight excluding hydrogens is 463 g/mol. The van der Waals surface area contributed by atoms with Gasteiger partial charge in [-0.25, -0.2) is 9.37 Å². The van der Waals surface area contributed by atoms with Crippen LogP contribution in [0.25, 0.3) is 11.3 Å². The standard InChI is InChI=1S/C26H35FN6O3/c1-25(2)21(6-5-10-32(25)3)29-23(34)16-7-11-33(26(14-16)8-9-26)24(35)20-13-19(30-31-20)17-12-22(36-4)28-15-18(17)27/h12-13,15-16,21H,5-11,14H2,1-4H3,(H,29,34)(H,30,31). The van der Waals surface area contributed by atoms with Crippen molar-refractivity contribution in [3.63, 3.8) is 0 Å². The minimum Gasteiger partial charge on any atom is -0.481 e. The Bertz CT molecular complexity index is 1160. The molecule has 2 aromatic heterocycles. The molecule has 10 heteroatoms. The van der Waals surface area contributed by atoms with Gasteiger partial charge in [-0.3, -0.25) is 19.6 Å². The number of aromatic nitrogens is 3. The summed E-state index contributed by atoms with van der Waals surface area (Å²) < 4.78 is 19.4. The number of halogens is 1. The Balaban J connectivity index is 1.26.